The van der Waals surface area contributed by atoms with E-state index in [0.717, 1.165) is 16.9 Å². The second kappa shape index (κ2) is 8.79. The zero-order chi connectivity index (χ0) is 15.7. The van der Waals surface area contributed by atoms with E-state index in [2.05, 4.69) is 10.6 Å². The summed E-state index contributed by atoms with van der Waals surface area (Å²) in [6, 6.07) is 7.54. The van der Waals surface area contributed by atoms with E-state index < -0.39 is 0 Å². The lowest BCUT2D eigenvalue weighted by Gasteiger charge is -2.06. The summed E-state index contributed by atoms with van der Waals surface area (Å²) in [5.41, 5.74) is 1.86. The Kier molecular flexibility index (Phi) is 7.01. The molecule has 1 aromatic carbocycles. The molecule has 0 aliphatic heterocycles. The zero-order valence-corrected chi connectivity index (χ0v) is 12.7. The Balaban J connectivity index is 2.41. The molecule has 1 aromatic rings. The number of carbonyl (C=O) groups is 2. The van der Waals surface area contributed by atoms with Crippen LogP contribution >= 0.6 is 0 Å². The highest BCUT2D eigenvalue weighted by Crippen LogP contribution is 2.17. The number of hydrogen-bond acceptors (Lipinski definition) is 3. The van der Waals surface area contributed by atoms with Crippen molar-refractivity contribution in [2.75, 3.05) is 20.2 Å². The van der Waals surface area contributed by atoms with Gasteiger partial charge < -0.3 is 15.4 Å². The largest absolute Gasteiger partial charge is 0.497 e. The van der Waals surface area contributed by atoms with Gasteiger partial charge in [-0.3, -0.25) is 9.59 Å². The van der Waals surface area contributed by atoms with Gasteiger partial charge in [-0.15, -0.1) is 0 Å². The van der Waals surface area contributed by atoms with Crippen molar-refractivity contribution in [3.8, 4) is 5.75 Å². The molecule has 5 nitrogen and oxygen atoms in total. The second-order valence-corrected chi connectivity index (χ2v) is 4.68. The minimum absolute atomic E-state index is 0.0587. The number of ether oxygens (including phenoxy) is 1. The molecule has 114 valence electrons. The lowest BCUT2D eigenvalue weighted by molar-refractivity contribution is -0.119. The molecule has 0 heterocycles. The number of hydrogen-bond donors (Lipinski definition) is 2. The van der Waals surface area contributed by atoms with Crippen LogP contribution < -0.4 is 15.4 Å². The lowest BCUT2D eigenvalue weighted by atomic mass is 10.1. The molecular formula is C16H22N2O3. The quantitative estimate of drug-likeness (QED) is 0.594. The van der Waals surface area contributed by atoms with Gasteiger partial charge >= 0.3 is 0 Å². The standard InChI is InChI=1S/C16H22N2O3/c1-12(14-5-7-15(21-3)8-6-14)11-16(20)18-10-4-9-17-13(2)19/h5-8,11H,4,9-10H2,1-3H3,(H,17,19)(H,18,20)/b12-11+. The normalized spacial score (nSPS) is 10.9. The summed E-state index contributed by atoms with van der Waals surface area (Å²) in [6.07, 6.45) is 2.28. The predicted octanol–water partition coefficient (Wildman–Crippen LogP) is 1.74. The molecule has 0 atom stereocenters. The van der Waals surface area contributed by atoms with E-state index in [0.29, 0.717) is 19.5 Å². The highest BCUT2D eigenvalue weighted by Gasteiger charge is 2.01. The minimum Gasteiger partial charge on any atom is -0.497 e. The molecule has 0 spiro atoms. The summed E-state index contributed by atoms with van der Waals surface area (Å²) in [6.45, 7) is 4.46. The number of carbonyl (C=O) groups excluding carboxylic acids is 2. The monoisotopic (exact) mass is 290 g/mol. The van der Waals surface area contributed by atoms with E-state index in [4.69, 9.17) is 4.74 Å². The molecular weight excluding hydrogens is 268 g/mol. The van der Waals surface area contributed by atoms with Crippen LogP contribution in [0.1, 0.15) is 25.8 Å². The highest BCUT2D eigenvalue weighted by atomic mass is 16.5. The van der Waals surface area contributed by atoms with Crippen LogP contribution in [0.2, 0.25) is 0 Å². The van der Waals surface area contributed by atoms with Gasteiger partial charge in [0, 0.05) is 26.1 Å². The molecule has 5 heteroatoms. The van der Waals surface area contributed by atoms with Crippen LogP contribution in [0.15, 0.2) is 30.3 Å². The summed E-state index contributed by atoms with van der Waals surface area (Å²) in [4.78, 5) is 22.4. The van der Waals surface area contributed by atoms with Crippen molar-refractivity contribution >= 4 is 17.4 Å². The lowest BCUT2D eigenvalue weighted by Crippen LogP contribution is -2.27. The molecule has 0 radical (unpaired) electrons. The molecule has 21 heavy (non-hydrogen) atoms. The van der Waals surface area contributed by atoms with Gasteiger partial charge in [-0.2, -0.15) is 0 Å². The van der Waals surface area contributed by atoms with Gasteiger partial charge in [-0.05, 0) is 36.6 Å². The molecule has 0 bridgehead atoms. The molecule has 0 fully saturated rings. The van der Waals surface area contributed by atoms with Crippen molar-refractivity contribution in [1.82, 2.24) is 10.6 Å². The summed E-state index contributed by atoms with van der Waals surface area (Å²) in [5.74, 6) is 0.594. The number of methoxy groups -OCH3 is 1. The van der Waals surface area contributed by atoms with Crippen LogP contribution in [-0.4, -0.2) is 32.0 Å². The summed E-state index contributed by atoms with van der Waals surface area (Å²) >= 11 is 0. The Bertz CT molecular complexity index is 507. The van der Waals surface area contributed by atoms with Gasteiger partial charge in [-0.25, -0.2) is 0 Å². The third-order valence-corrected chi connectivity index (χ3v) is 2.92. The average molecular weight is 290 g/mol. The first kappa shape index (κ1) is 16.8. The van der Waals surface area contributed by atoms with Gasteiger partial charge in [0.2, 0.25) is 11.8 Å². The zero-order valence-electron chi connectivity index (χ0n) is 12.7. The summed E-state index contributed by atoms with van der Waals surface area (Å²) in [5, 5.41) is 5.47. The first-order valence-corrected chi connectivity index (χ1v) is 6.88. The molecule has 1 rings (SSSR count). The predicted molar refractivity (Wildman–Crippen MR) is 83.0 cm³/mol. The molecule has 0 saturated carbocycles. The number of nitrogens with one attached hydrogen (secondary N) is 2. The van der Waals surface area contributed by atoms with Crippen molar-refractivity contribution in [3.63, 3.8) is 0 Å². The second-order valence-electron chi connectivity index (χ2n) is 4.68. The van der Waals surface area contributed by atoms with Gasteiger partial charge in [0.25, 0.3) is 0 Å². The summed E-state index contributed by atoms with van der Waals surface area (Å²) in [7, 11) is 1.62. The number of amides is 2. The van der Waals surface area contributed by atoms with E-state index in [1.165, 1.54) is 6.92 Å². The van der Waals surface area contributed by atoms with E-state index in [1.807, 2.05) is 31.2 Å². The highest BCUT2D eigenvalue weighted by molar-refractivity contribution is 5.94. The Labute approximate surface area is 125 Å². The maximum atomic E-state index is 11.7. The van der Waals surface area contributed by atoms with Crippen molar-refractivity contribution in [2.45, 2.75) is 20.3 Å². The number of rotatable bonds is 7. The molecule has 0 aromatic heterocycles. The Morgan fingerprint density at radius 3 is 2.29 bits per heavy atom. The first-order valence-electron chi connectivity index (χ1n) is 6.88. The van der Waals surface area contributed by atoms with Gasteiger partial charge in [0.05, 0.1) is 7.11 Å². The van der Waals surface area contributed by atoms with Crippen LogP contribution in [0.3, 0.4) is 0 Å². The average Bonchev–Trinajstić information content (AvgIpc) is 2.46. The first-order chi connectivity index (χ1) is 10.0. The Morgan fingerprint density at radius 1 is 1.10 bits per heavy atom. The van der Waals surface area contributed by atoms with Crippen molar-refractivity contribution in [2.24, 2.45) is 0 Å². The molecule has 0 aliphatic rings. The topological polar surface area (TPSA) is 67.4 Å². The van der Waals surface area contributed by atoms with Crippen LogP contribution in [0.5, 0.6) is 5.75 Å². The molecule has 2 amide bonds. The van der Waals surface area contributed by atoms with Crippen LogP contribution in [0.25, 0.3) is 5.57 Å². The summed E-state index contributed by atoms with van der Waals surface area (Å²) < 4.78 is 5.09. The van der Waals surface area contributed by atoms with E-state index in [9.17, 15) is 9.59 Å². The molecule has 0 saturated heterocycles. The fourth-order valence-electron chi connectivity index (χ4n) is 1.75. The van der Waals surface area contributed by atoms with Crippen molar-refractivity contribution in [1.29, 1.82) is 0 Å². The minimum atomic E-state index is -0.133. The third-order valence-electron chi connectivity index (χ3n) is 2.92. The van der Waals surface area contributed by atoms with Gasteiger partial charge in [-0.1, -0.05) is 12.1 Å². The van der Waals surface area contributed by atoms with Gasteiger partial charge in [0.1, 0.15) is 5.75 Å². The Morgan fingerprint density at radius 2 is 1.71 bits per heavy atom. The number of allylic oxidation sites excluding steroid dienone is 1. The maximum absolute atomic E-state index is 11.7. The number of benzene rings is 1. The van der Waals surface area contributed by atoms with Crippen molar-refractivity contribution < 1.29 is 14.3 Å². The third kappa shape index (κ3) is 6.61. The van der Waals surface area contributed by atoms with E-state index in [-0.39, 0.29) is 11.8 Å². The fourth-order valence-corrected chi connectivity index (χ4v) is 1.75. The Hall–Kier alpha value is -2.30. The maximum Gasteiger partial charge on any atom is 0.244 e. The SMILES string of the molecule is COc1ccc(/C(C)=C/C(=O)NCCCNC(C)=O)cc1. The van der Waals surface area contributed by atoms with Crippen molar-refractivity contribution in [3.05, 3.63) is 35.9 Å². The fraction of sp³-hybridized carbons (Fsp3) is 0.375. The van der Waals surface area contributed by atoms with Crippen LogP contribution in [-0.2, 0) is 9.59 Å². The van der Waals surface area contributed by atoms with Crippen LogP contribution in [0, 0.1) is 0 Å². The van der Waals surface area contributed by atoms with Gasteiger partial charge in [0.15, 0.2) is 0 Å². The molecule has 0 unspecified atom stereocenters. The van der Waals surface area contributed by atoms with Crippen LogP contribution in [0.4, 0.5) is 0 Å². The molecule has 0 aliphatic carbocycles. The smallest absolute Gasteiger partial charge is 0.244 e. The van der Waals surface area contributed by atoms with E-state index >= 15 is 0 Å². The molecule has 2 N–H and O–H groups in total. The van der Waals surface area contributed by atoms with E-state index in [1.54, 1.807) is 13.2 Å².